The molecule has 0 spiro atoms. The third-order valence-corrected chi connectivity index (χ3v) is 4.75. The smallest absolute Gasteiger partial charge is 0.254 e. The third-order valence-electron chi connectivity index (χ3n) is 4.75. The van der Waals surface area contributed by atoms with Gasteiger partial charge in [-0.3, -0.25) is 4.79 Å². The standard InChI is InChI=1S/C24H22N2O3/c1-17-8-13-22-21(14-17)25-23(29-22)16-26(24(27)19-6-4-3-5-7-19)15-18-9-11-20(28-2)12-10-18/h3-14H,15-16H2,1-2H3. The first-order valence-corrected chi connectivity index (χ1v) is 9.46. The molecule has 0 fully saturated rings. The van der Waals surface area contributed by atoms with Gasteiger partial charge < -0.3 is 14.1 Å². The van der Waals surface area contributed by atoms with Crippen molar-refractivity contribution >= 4 is 17.0 Å². The van der Waals surface area contributed by atoms with Crippen molar-refractivity contribution < 1.29 is 13.9 Å². The van der Waals surface area contributed by atoms with Crippen LogP contribution in [-0.2, 0) is 13.1 Å². The number of aromatic nitrogens is 1. The van der Waals surface area contributed by atoms with Crippen LogP contribution in [0.1, 0.15) is 27.4 Å². The van der Waals surface area contributed by atoms with Gasteiger partial charge in [-0.2, -0.15) is 0 Å². The van der Waals surface area contributed by atoms with E-state index >= 15 is 0 Å². The summed E-state index contributed by atoms with van der Waals surface area (Å²) in [5, 5.41) is 0. The molecule has 0 bridgehead atoms. The highest BCUT2D eigenvalue weighted by atomic mass is 16.5. The molecular formula is C24H22N2O3. The number of nitrogens with zero attached hydrogens (tertiary/aromatic N) is 2. The summed E-state index contributed by atoms with van der Waals surface area (Å²) in [6.45, 7) is 2.74. The molecule has 1 amide bonds. The number of hydrogen-bond donors (Lipinski definition) is 0. The van der Waals surface area contributed by atoms with Crippen LogP contribution in [0.15, 0.2) is 77.2 Å². The molecule has 1 heterocycles. The molecule has 0 unspecified atom stereocenters. The van der Waals surface area contributed by atoms with Crippen molar-refractivity contribution in [2.75, 3.05) is 7.11 Å². The number of rotatable bonds is 6. The van der Waals surface area contributed by atoms with Gasteiger partial charge in [0.2, 0.25) is 5.89 Å². The Morgan fingerprint density at radius 2 is 1.76 bits per heavy atom. The van der Waals surface area contributed by atoms with E-state index in [0.29, 0.717) is 18.0 Å². The number of hydrogen-bond acceptors (Lipinski definition) is 4. The molecule has 5 nitrogen and oxygen atoms in total. The average molecular weight is 386 g/mol. The van der Waals surface area contributed by atoms with Crippen LogP contribution in [0, 0.1) is 6.92 Å². The molecule has 29 heavy (non-hydrogen) atoms. The van der Waals surface area contributed by atoms with E-state index in [0.717, 1.165) is 28.0 Å². The molecule has 0 atom stereocenters. The molecule has 0 aliphatic heterocycles. The fourth-order valence-electron chi connectivity index (χ4n) is 3.23. The maximum Gasteiger partial charge on any atom is 0.254 e. The molecule has 0 N–H and O–H groups in total. The second kappa shape index (κ2) is 8.19. The first kappa shape index (κ1) is 18.7. The summed E-state index contributed by atoms with van der Waals surface area (Å²) in [5.74, 6) is 1.23. The summed E-state index contributed by atoms with van der Waals surface area (Å²) < 4.78 is 11.1. The van der Waals surface area contributed by atoms with E-state index in [1.165, 1.54) is 0 Å². The third kappa shape index (κ3) is 4.29. The van der Waals surface area contributed by atoms with Gasteiger partial charge in [-0.15, -0.1) is 0 Å². The molecule has 5 heteroatoms. The number of methoxy groups -OCH3 is 1. The largest absolute Gasteiger partial charge is 0.497 e. The maximum absolute atomic E-state index is 13.2. The maximum atomic E-state index is 13.2. The Kier molecular flexibility index (Phi) is 5.29. The molecule has 1 aromatic heterocycles. The van der Waals surface area contributed by atoms with Crippen molar-refractivity contribution in [3.63, 3.8) is 0 Å². The summed E-state index contributed by atoms with van der Waals surface area (Å²) in [6, 6.07) is 22.8. The predicted molar refractivity (Wildman–Crippen MR) is 112 cm³/mol. The van der Waals surface area contributed by atoms with Crippen molar-refractivity contribution in [1.82, 2.24) is 9.88 Å². The number of amides is 1. The van der Waals surface area contributed by atoms with E-state index in [2.05, 4.69) is 4.98 Å². The van der Waals surface area contributed by atoms with Gasteiger partial charge in [-0.05, 0) is 54.4 Å². The highest BCUT2D eigenvalue weighted by Crippen LogP contribution is 2.21. The van der Waals surface area contributed by atoms with Gasteiger partial charge in [-0.1, -0.05) is 36.4 Å². The monoisotopic (exact) mass is 386 g/mol. The van der Waals surface area contributed by atoms with Gasteiger partial charge in [0.25, 0.3) is 5.91 Å². The van der Waals surface area contributed by atoms with Crippen molar-refractivity contribution in [1.29, 1.82) is 0 Å². The average Bonchev–Trinajstić information content (AvgIpc) is 3.15. The molecule has 0 aliphatic carbocycles. The van der Waals surface area contributed by atoms with Crippen molar-refractivity contribution in [2.24, 2.45) is 0 Å². The Hall–Kier alpha value is -3.60. The molecule has 4 rings (SSSR count). The van der Waals surface area contributed by atoms with Crippen LogP contribution in [0.25, 0.3) is 11.1 Å². The van der Waals surface area contributed by atoms with Crippen LogP contribution in [-0.4, -0.2) is 22.9 Å². The lowest BCUT2D eigenvalue weighted by molar-refractivity contribution is 0.0715. The second-order valence-corrected chi connectivity index (χ2v) is 6.95. The first-order chi connectivity index (χ1) is 14.1. The number of carbonyl (C=O) groups is 1. The van der Waals surface area contributed by atoms with Gasteiger partial charge in [-0.25, -0.2) is 4.98 Å². The first-order valence-electron chi connectivity index (χ1n) is 9.46. The quantitative estimate of drug-likeness (QED) is 0.469. The lowest BCUT2D eigenvalue weighted by Gasteiger charge is -2.21. The molecule has 0 aliphatic rings. The van der Waals surface area contributed by atoms with Crippen LogP contribution in [0.4, 0.5) is 0 Å². The number of carbonyl (C=O) groups excluding carboxylic acids is 1. The Bertz CT molecular complexity index is 1120. The minimum atomic E-state index is -0.0696. The molecule has 146 valence electrons. The predicted octanol–water partition coefficient (Wildman–Crippen LogP) is 4.99. The zero-order valence-electron chi connectivity index (χ0n) is 16.5. The molecule has 0 radical (unpaired) electrons. The minimum Gasteiger partial charge on any atom is -0.497 e. The number of ether oxygens (including phenoxy) is 1. The van der Waals surface area contributed by atoms with E-state index in [-0.39, 0.29) is 12.5 Å². The lowest BCUT2D eigenvalue weighted by Crippen LogP contribution is -2.30. The Labute approximate surface area is 169 Å². The Morgan fingerprint density at radius 1 is 1.00 bits per heavy atom. The summed E-state index contributed by atoms with van der Waals surface area (Å²) in [5.41, 5.74) is 4.28. The van der Waals surface area contributed by atoms with Gasteiger partial charge in [0, 0.05) is 12.1 Å². The van der Waals surface area contributed by atoms with Gasteiger partial charge in [0.05, 0.1) is 13.7 Å². The molecule has 3 aromatic carbocycles. The van der Waals surface area contributed by atoms with Crippen LogP contribution < -0.4 is 4.74 Å². The number of aryl methyl sites for hydroxylation is 1. The number of fused-ring (bicyclic) bond motifs is 1. The highest BCUT2D eigenvalue weighted by molar-refractivity contribution is 5.94. The number of benzene rings is 3. The van der Waals surface area contributed by atoms with E-state index in [9.17, 15) is 4.79 Å². The van der Waals surface area contributed by atoms with E-state index in [1.54, 1.807) is 12.0 Å². The molecular weight excluding hydrogens is 364 g/mol. The van der Waals surface area contributed by atoms with Crippen LogP contribution in [0.2, 0.25) is 0 Å². The van der Waals surface area contributed by atoms with E-state index < -0.39 is 0 Å². The van der Waals surface area contributed by atoms with Gasteiger partial charge in [0.15, 0.2) is 5.58 Å². The second-order valence-electron chi connectivity index (χ2n) is 6.95. The fraction of sp³-hybridized carbons (Fsp3) is 0.167. The van der Waals surface area contributed by atoms with Crippen LogP contribution in [0.3, 0.4) is 0 Å². The molecule has 4 aromatic rings. The minimum absolute atomic E-state index is 0.0696. The number of oxazole rings is 1. The lowest BCUT2D eigenvalue weighted by atomic mass is 10.1. The van der Waals surface area contributed by atoms with Crippen LogP contribution >= 0.6 is 0 Å². The van der Waals surface area contributed by atoms with Gasteiger partial charge in [0.1, 0.15) is 11.3 Å². The van der Waals surface area contributed by atoms with E-state index in [1.807, 2.05) is 79.7 Å². The zero-order chi connectivity index (χ0) is 20.2. The highest BCUT2D eigenvalue weighted by Gasteiger charge is 2.19. The fourth-order valence-corrected chi connectivity index (χ4v) is 3.23. The van der Waals surface area contributed by atoms with E-state index in [4.69, 9.17) is 9.15 Å². The Balaban J connectivity index is 1.63. The summed E-state index contributed by atoms with van der Waals surface area (Å²) in [4.78, 5) is 19.5. The summed E-state index contributed by atoms with van der Waals surface area (Å²) >= 11 is 0. The van der Waals surface area contributed by atoms with Crippen molar-refractivity contribution in [3.8, 4) is 5.75 Å². The zero-order valence-corrected chi connectivity index (χ0v) is 16.5. The Morgan fingerprint density at radius 3 is 2.48 bits per heavy atom. The molecule has 0 saturated carbocycles. The van der Waals surface area contributed by atoms with Crippen molar-refractivity contribution in [2.45, 2.75) is 20.0 Å². The summed E-state index contributed by atoms with van der Waals surface area (Å²) in [7, 11) is 1.63. The summed E-state index contributed by atoms with van der Waals surface area (Å²) in [6.07, 6.45) is 0. The normalized spacial score (nSPS) is 10.8. The van der Waals surface area contributed by atoms with Gasteiger partial charge >= 0.3 is 0 Å². The SMILES string of the molecule is COc1ccc(CN(Cc2nc3cc(C)ccc3o2)C(=O)c2ccccc2)cc1. The molecule has 0 saturated heterocycles. The van der Waals surface area contributed by atoms with Crippen LogP contribution in [0.5, 0.6) is 5.75 Å². The topological polar surface area (TPSA) is 55.6 Å². The van der Waals surface area contributed by atoms with Crippen molar-refractivity contribution in [3.05, 3.63) is 95.4 Å².